The molecule has 1 aromatic heterocycles. The fraction of sp³-hybridized carbons (Fsp3) is 0.125. The Morgan fingerprint density at radius 3 is 2.23 bits per heavy atom. The van der Waals surface area contributed by atoms with Crippen molar-refractivity contribution >= 4 is 22.6 Å². The largest absolute Gasteiger partial charge is 0.507 e. The molecule has 0 unspecified atom stereocenters. The number of hydrogen-bond acceptors (Lipinski definition) is 4. The second-order valence-corrected chi connectivity index (χ2v) is 7.60. The number of phenolic OH excluding ortho intramolecular Hbond substituents is 1. The predicted octanol–water partition coefficient (Wildman–Crippen LogP) is 3.68. The van der Waals surface area contributed by atoms with E-state index in [0.29, 0.717) is 11.6 Å². The SMILES string of the molecule is O=C(NNC(=O)c1cc(C2CC2)nn1-c1ccccc1)c1cc2ccccc2cc1O. The van der Waals surface area contributed by atoms with Gasteiger partial charge >= 0.3 is 0 Å². The zero-order chi connectivity index (χ0) is 21.4. The van der Waals surface area contributed by atoms with Gasteiger partial charge in [-0.2, -0.15) is 5.10 Å². The highest BCUT2D eigenvalue weighted by Crippen LogP contribution is 2.39. The van der Waals surface area contributed by atoms with E-state index in [2.05, 4.69) is 16.0 Å². The maximum Gasteiger partial charge on any atom is 0.288 e. The first-order chi connectivity index (χ1) is 15.1. The van der Waals surface area contributed by atoms with Crippen LogP contribution < -0.4 is 10.9 Å². The van der Waals surface area contributed by atoms with E-state index < -0.39 is 11.8 Å². The van der Waals surface area contributed by atoms with Gasteiger partial charge in [-0.3, -0.25) is 20.4 Å². The Kier molecular flexibility index (Phi) is 4.63. The molecule has 4 aromatic rings. The lowest BCUT2D eigenvalue weighted by Gasteiger charge is -2.11. The van der Waals surface area contributed by atoms with E-state index >= 15 is 0 Å². The number of phenols is 1. The third-order valence-corrected chi connectivity index (χ3v) is 5.36. The molecule has 0 aliphatic heterocycles. The molecule has 1 aliphatic carbocycles. The number of aromatic hydroxyl groups is 1. The standard InChI is InChI=1S/C24H20N4O3/c29-22-13-17-7-5-4-6-16(17)12-19(22)23(30)25-26-24(31)21-14-20(15-10-11-15)27-28(21)18-8-2-1-3-9-18/h1-9,12-15,29H,10-11H2,(H,25,30)(H,26,31). The summed E-state index contributed by atoms with van der Waals surface area (Å²) >= 11 is 0. The first kappa shape index (κ1) is 18.9. The minimum absolute atomic E-state index is 0.0780. The molecular weight excluding hydrogens is 392 g/mol. The average molecular weight is 412 g/mol. The Hall–Kier alpha value is -4.13. The van der Waals surface area contributed by atoms with E-state index in [1.807, 2.05) is 54.6 Å². The van der Waals surface area contributed by atoms with Crippen molar-refractivity contribution in [3.05, 3.63) is 89.7 Å². The molecule has 3 aromatic carbocycles. The van der Waals surface area contributed by atoms with Crippen molar-refractivity contribution < 1.29 is 14.7 Å². The lowest BCUT2D eigenvalue weighted by Crippen LogP contribution is -2.42. The van der Waals surface area contributed by atoms with Crippen LogP contribution in [0.25, 0.3) is 16.5 Å². The Labute approximate surface area is 178 Å². The van der Waals surface area contributed by atoms with E-state index in [1.54, 1.807) is 16.8 Å². The van der Waals surface area contributed by atoms with Crippen LogP contribution in [0.15, 0.2) is 72.8 Å². The maximum atomic E-state index is 12.9. The quantitative estimate of drug-likeness (QED) is 0.446. The van der Waals surface area contributed by atoms with Crippen LogP contribution in [0.1, 0.15) is 45.3 Å². The second-order valence-electron chi connectivity index (χ2n) is 7.60. The van der Waals surface area contributed by atoms with Gasteiger partial charge < -0.3 is 5.11 Å². The number of rotatable bonds is 4. The molecule has 1 saturated carbocycles. The van der Waals surface area contributed by atoms with E-state index in [-0.39, 0.29) is 11.3 Å². The Bertz CT molecular complexity index is 1290. The monoisotopic (exact) mass is 412 g/mol. The highest BCUT2D eigenvalue weighted by atomic mass is 16.3. The maximum absolute atomic E-state index is 12.9. The zero-order valence-electron chi connectivity index (χ0n) is 16.6. The molecule has 7 nitrogen and oxygen atoms in total. The van der Waals surface area contributed by atoms with Gasteiger partial charge in [-0.25, -0.2) is 4.68 Å². The number of benzene rings is 3. The van der Waals surface area contributed by atoms with Crippen LogP contribution in [-0.2, 0) is 0 Å². The molecular formula is C24H20N4O3. The number of carbonyl (C=O) groups excluding carboxylic acids is 2. The minimum Gasteiger partial charge on any atom is -0.507 e. The van der Waals surface area contributed by atoms with Crippen molar-refractivity contribution in [1.29, 1.82) is 0 Å². The summed E-state index contributed by atoms with van der Waals surface area (Å²) in [6.07, 6.45) is 2.12. The summed E-state index contributed by atoms with van der Waals surface area (Å²) in [5.41, 5.74) is 6.88. The summed E-state index contributed by atoms with van der Waals surface area (Å²) in [4.78, 5) is 25.5. The Morgan fingerprint density at radius 2 is 1.52 bits per heavy atom. The highest BCUT2D eigenvalue weighted by molar-refractivity contribution is 6.03. The fourth-order valence-corrected chi connectivity index (χ4v) is 3.56. The topological polar surface area (TPSA) is 96.3 Å². The molecule has 1 aliphatic rings. The van der Waals surface area contributed by atoms with Crippen molar-refractivity contribution in [1.82, 2.24) is 20.6 Å². The van der Waals surface area contributed by atoms with E-state index in [1.165, 1.54) is 6.07 Å². The van der Waals surface area contributed by atoms with Gasteiger partial charge in [0.25, 0.3) is 11.8 Å². The van der Waals surface area contributed by atoms with Crippen LogP contribution in [0.5, 0.6) is 5.75 Å². The number of hydrogen-bond donors (Lipinski definition) is 3. The number of carbonyl (C=O) groups is 2. The number of para-hydroxylation sites is 1. The smallest absolute Gasteiger partial charge is 0.288 e. The van der Waals surface area contributed by atoms with Gasteiger partial charge in [0.1, 0.15) is 11.4 Å². The van der Waals surface area contributed by atoms with E-state index in [4.69, 9.17) is 0 Å². The number of hydrazine groups is 1. The van der Waals surface area contributed by atoms with E-state index in [9.17, 15) is 14.7 Å². The van der Waals surface area contributed by atoms with Gasteiger partial charge in [0, 0.05) is 5.92 Å². The van der Waals surface area contributed by atoms with Crippen LogP contribution in [0.4, 0.5) is 0 Å². The number of nitrogens with one attached hydrogen (secondary N) is 2. The van der Waals surface area contributed by atoms with Crippen molar-refractivity contribution in [2.75, 3.05) is 0 Å². The molecule has 0 radical (unpaired) electrons. The van der Waals surface area contributed by atoms with Crippen molar-refractivity contribution in [3.63, 3.8) is 0 Å². The average Bonchev–Trinajstić information content (AvgIpc) is 3.55. The van der Waals surface area contributed by atoms with Crippen LogP contribution in [0.2, 0.25) is 0 Å². The molecule has 0 atom stereocenters. The molecule has 5 rings (SSSR count). The van der Waals surface area contributed by atoms with E-state index in [0.717, 1.165) is 35.0 Å². The van der Waals surface area contributed by atoms with Crippen LogP contribution >= 0.6 is 0 Å². The van der Waals surface area contributed by atoms with Gasteiger partial charge in [-0.05, 0) is 53.9 Å². The highest BCUT2D eigenvalue weighted by Gasteiger charge is 2.29. The summed E-state index contributed by atoms with van der Waals surface area (Å²) in [6, 6.07) is 21.7. The molecule has 0 spiro atoms. The van der Waals surface area contributed by atoms with Crippen molar-refractivity contribution in [2.45, 2.75) is 18.8 Å². The fourth-order valence-electron chi connectivity index (χ4n) is 3.56. The molecule has 7 heteroatoms. The van der Waals surface area contributed by atoms with Crippen molar-refractivity contribution in [3.8, 4) is 11.4 Å². The Balaban J connectivity index is 1.37. The zero-order valence-corrected chi connectivity index (χ0v) is 16.6. The van der Waals surface area contributed by atoms with Gasteiger partial charge in [-0.1, -0.05) is 42.5 Å². The molecule has 1 fully saturated rings. The summed E-state index contributed by atoms with van der Waals surface area (Å²) in [5, 5.41) is 16.5. The molecule has 1 heterocycles. The van der Waals surface area contributed by atoms with Crippen LogP contribution in [0.3, 0.4) is 0 Å². The number of nitrogens with zero attached hydrogens (tertiary/aromatic N) is 2. The minimum atomic E-state index is -0.607. The summed E-state index contributed by atoms with van der Waals surface area (Å²) in [7, 11) is 0. The van der Waals surface area contributed by atoms with Gasteiger partial charge in [-0.15, -0.1) is 0 Å². The number of aromatic nitrogens is 2. The third-order valence-electron chi connectivity index (χ3n) is 5.36. The first-order valence-corrected chi connectivity index (χ1v) is 10.1. The summed E-state index contributed by atoms with van der Waals surface area (Å²) in [6.45, 7) is 0. The molecule has 0 saturated heterocycles. The van der Waals surface area contributed by atoms with Gasteiger partial charge in [0.2, 0.25) is 0 Å². The summed E-state index contributed by atoms with van der Waals surface area (Å²) in [5.74, 6) is -0.877. The van der Waals surface area contributed by atoms with Gasteiger partial charge in [0.05, 0.1) is 16.9 Å². The Morgan fingerprint density at radius 1 is 0.871 bits per heavy atom. The van der Waals surface area contributed by atoms with Crippen molar-refractivity contribution in [2.24, 2.45) is 0 Å². The lowest BCUT2D eigenvalue weighted by atomic mass is 10.1. The third kappa shape index (κ3) is 3.73. The molecule has 154 valence electrons. The van der Waals surface area contributed by atoms with Crippen LogP contribution in [-0.4, -0.2) is 26.7 Å². The molecule has 0 bridgehead atoms. The number of amides is 2. The second kappa shape index (κ2) is 7.60. The molecule has 2 amide bonds. The van der Waals surface area contributed by atoms with Gasteiger partial charge in [0.15, 0.2) is 0 Å². The first-order valence-electron chi connectivity index (χ1n) is 10.1. The summed E-state index contributed by atoms with van der Waals surface area (Å²) < 4.78 is 1.59. The lowest BCUT2D eigenvalue weighted by molar-refractivity contribution is 0.0841. The number of fused-ring (bicyclic) bond motifs is 1. The molecule has 3 N–H and O–H groups in total. The predicted molar refractivity (Wildman–Crippen MR) is 116 cm³/mol. The normalized spacial score (nSPS) is 13.2. The van der Waals surface area contributed by atoms with Crippen LogP contribution in [0, 0.1) is 0 Å². The molecule has 31 heavy (non-hydrogen) atoms.